The first kappa shape index (κ1) is 12.6. The van der Waals surface area contributed by atoms with Crippen LogP contribution in [0, 0.1) is 0 Å². The molecule has 0 saturated carbocycles. The summed E-state index contributed by atoms with van der Waals surface area (Å²) in [4.78, 5) is 16.6. The van der Waals surface area contributed by atoms with Crippen LogP contribution in [0.1, 0.15) is 6.92 Å². The lowest BCUT2D eigenvalue weighted by Crippen LogP contribution is -2.23. The maximum Gasteiger partial charge on any atom is 0.325 e. The fraction of sp³-hybridized carbons (Fsp3) is 0.429. The van der Waals surface area contributed by atoms with Crippen LogP contribution >= 0.6 is 0 Å². The zero-order chi connectivity index (χ0) is 12.2. The molecule has 0 aliphatic heterocycles. The number of aromatic nitrogens is 2. The Labute approximate surface area is 91.8 Å². The van der Waals surface area contributed by atoms with Gasteiger partial charge >= 0.3 is 5.97 Å². The number of nitrogens with zero attached hydrogens (tertiary/aromatic N) is 2. The van der Waals surface area contributed by atoms with Crippen molar-refractivity contribution < 1.29 is 23.2 Å². The van der Waals surface area contributed by atoms with E-state index in [1.54, 1.807) is 6.92 Å². The number of sulfonamides is 1. The highest BCUT2D eigenvalue weighted by Crippen LogP contribution is 2.06. The number of aliphatic carboxylic acids is 1. The van der Waals surface area contributed by atoms with Crippen molar-refractivity contribution in [3.8, 4) is 0 Å². The van der Waals surface area contributed by atoms with Gasteiger partial charge in [-0.3, -0.25) is 14.3 Å². The molecule has 16 heavy (non-hydrogen) atoms. The molecular weight excluding hydrogens is 238 g/mol. The second-order valence-corrected chi connectivity index (χ2v) is 4.43. The summed E-state index contributed by atoms with van der Waals surface area (Å²) in [7, 11) is -3.79. The standard InChI is InChI=1S/C7H11N3O5S/c1-2-15-9-16(13,14)6-3-8-10(4-6)5-7(11)12/h3-4,9H,2,5H2,1H3,(H,11,12). The Balaban J connectivity index is 2.80. The third-order valence-corrected chi connectivity index (χ3v) is 2.70. The summed E-state index contributed by atoms with van der Waals surface area (Å²) >= 11 is 0. The zero-order valence-electron chi connectivity index (χ0n) is 8.45. The zero-order valence-corrected chi connectivity index (χ0v) is 9.27. The highest BCUT2D eigenvalue weighted by atomic mass is 32.2. The van der Waals surface area contributed by atoms with Crippen molar-refractivity contribution >= 4 is 16.0 Å². The Morgan fingerprint density at radius 1 is 1.69 bits per heavy atom. The highest BCUT2D eigenvalue weighted by Gasteiger charge is 2.16. The van der Waals surface area contributed by atoms with Crippen LogP contribution in [-0.4, -0.2) is 35.9 Å². The van der Waals surface area contributed by atoms with E-state index in [1.165, 1.54) is 0 Å². The molecule has 0 aliphatic rings. The maximum atomic E-state index is 11.5. The Kier molecular flexibility index (Phi) is 3.99. The van der Waals surface area contributed by atoms with Crippen molar-refractivity contribution in [1.29, 1.82) is 0 Å². The van der Waals surface area contributed by atoms with E-state index < -0.39 is 22.5 Å². The molecule has 0 unspecified atom stereocenters. The lowest BCUT2D eigenvalue weighted by molar-refractivity contribution is -0.137. The van der Waals surface area contributed by atoms with Crippen molar-refractivity contribution in [2.24, 2.45) is 0 Å². The van der Waals surface area contributed by atoms with Crippen LogP contribution in [0.15, 0.2) is 17.3 Å². The fourth-order valence-electron chi connectivity index (χ4n) is 0.893. The summed E-state index contributed by atoms with van der Waals surface area (Å²) in [5, 5.41) is 12.1. The first-order chi connectivity index (χ1) is 7.45. The molecule has 1 aromatic heterocycles. The Hall–Kier alpha value is -1.45. The summed E-state index contributed by atoms with van der Waals surface area (Å²) in [6, 6.07) is 0. The molecule has 0 spiro atoms. The van der Waals surface area contributed by atoms with Crippen molar-refractivity contribution in [3.05, 3.63) is 12.4 Å². The minimum absolute atomic E-state index is 0.151. The van der Waals surface area contributed by atoms with E-state index in [9.17, 15) is 13.2 Å². The van der Waals surface area contributed by atoms with Gasteiger partial charge in [0.25, 0.3) is 10.0 Å². The van der Waals surface area contributed by atoms with Crippen LogP contribution < -0.4 is 4.89 Å². The summed E-state index contributed by atoms with van der Waals surface area (Å²) in [6.45, 7) is 1.41. The average molecular weight is 249 g/mol. The lowest BCUT2D eigenvalue weighted by atomic mass is 10.6. The van der Waals surface area contributed by atoms with E-state index in [-0.39, 0.29) is 11.5 Å². The normalized spacial score (nSPS) is 11.6. The lowest BCUT2D eigenvalue weighted by Gasteiger charge is -2.01. The number of carboxylic acids is 1. The molecule has 1 aromatic rings. The molecule has 1 rings (SSSR count). The maximum absolute atomic E-state index is 11.5. The van der Waals surface area contributed by atoms with E-state index >= 15 is 0 Å². The molecule has 0 radical (unpaired) electrons. The van der Waals surface area contributed by atoms with Gasteiger partial charge in [0.05, 0.1) is 12.8 Å². The summed E-state index contributed by atoms with van der Waals surface area (Å²) < 4.78 is 23.9. The number of rotatable bonds is 6. The van der Waals surface area contributed by atoms with E-state index in [0.29, 0.717) is 0 Å². The number of carbonyl (C=O) groups is 1. The molecule has 90 valence electrons. The smallest absolute Gasteiger partial charge is 0.325 e. The molecule has 0 bridgehead atoms. The van der Waals surface area contributed by atoms with Gasteiger partial charge in [0.2, 0.25) is 0 Å². The average Bonchev–Trinajstić information content (AvgIpc) is 2.63. The van der Waals surface area contributed by atoms with Crippen LogP contribution in [0.4, 0.5) is 0 Å². The van der Waals surface area contributed by atoms with Gasteiger partial charge < -0.3 is 5.11 Å². The van der Waals surface area contributed by atoms with Gasteiger partial charge in [0.1, 0.15) is 11.4 Å². The van der Waals surface area contributed by atoms with Crippen LogP contribution in [0.5, 0.6) is 0 Å². The van der Waals surface area contributed by atoms with Crippen molar-refractivity contribution in [2.75, 3.05) is 6.61 Å². The second-order valence-electron chi connectivity index (χ2n) is 2.79. The highest BCUT2D eigenvalue weighted by molar-refractivity contribution is 7.89. The van der Waals surface area contributed by atoms with E-state index in [0.717, 1.165) is 17.1 Å². The number of nitrogens with one attached hydrogen (secondary N) is 1. The van der Waals surface area contributed by atoms with E-state index in [2.05, 4.69) is 9.94 Å². The SMILES string of the molecule is CCONS(=O)(=O)c1cnn(CC(=O)O)c1. The molecule has 0 saturated heterocycles. The minimum atomic E-state index is -3.79. The van der Waals surface area contributed by atoms with Crippen LogP contribution in [0.2, 0.25) is 0 Å². The van der Waals surface area contributed by atoms with E-state index in [4.69, 9.17) is 5.11 Å². The quantitative estimate of drug-likeness (QED) is 0.638. The molecule has 0 aliphatic carbocycles. The third-order valence-electron chi connectivity index (χ3n) is 1.53. The topological polar surface area (TPSA) is 111 Å². The Morgan fingerprint density at radius 2 is 2.38 bits per heavy atom. The van der Waals surface area contributed by atoms with Crippen LogP contribution in [0.25, 0.3) is 0 Å². The molecule has 2 N–H and O–H groups in total. The van der Waals surface area contributed by atoms with Gasteiger partial charge in [0, 0.05) is 6.20 Å². The predicted octanol–water partition coefficient (Wildman–Crippen LogP) is -0.802. The van der Waals surface area contributed by atoms with Crippen LogP contribution in [-0.2, 0) is 26.2 Å². The fourth-order valence-corrected chi connectivity index (χ4v) is 1.71. The van der Waals surface area contributed by atoms with Crippen molar-refractivity contribution in [2.45, 2.75) is 18.4 Å². The molecule has 0 fully saturated rings. The van der Waals surface area contributed by atoms with Gasteiger partial charge in [-0.1, -0.05) is 4.89 Å². The second kappa shape index (κ2) is 5.05. The van der Waals surface area contributed by atoms with E-state index in [1.807, 2.05) is 4.89 Å². The van der Waals surface area contributed by atoms with Gasteiger partial charge in [-0.15, -0.1) is 0 Å². The molecule has 1 heterocycles. The predicted molar refractivity (Wildman–Crippen MR) is 51.8 cm³/mol. The summed E-state index contributed by atoms with van der Waals surface area (Å²) in [5.74, 6) is -1.11. The van der Waals surface area contributed by atoms with Gasteiger partial charge in [-0.05, 0) is 6.92 Å². The van der Waals surface area contributed by atoms with Crippen molar-refractivity contribution in [3.63, 3.8) is 0 Å². The van der Waals surface area contributed by atoms with Crippen LogP contribution in [0.3, 0.4) is 0 Å². The monoisotopic (exact) mass is 249 g/mol. The third kappa shape index (κ3) is 3.29. The largest absolute Gasteiger partial charge is 0.480 e. The van der Waals surface area contributed by atoms with Gasteiger partial charge in [-0.25, -0.2) is 8.42 Å². The Bertz CT molecular complexity index is 466. The summed E-state index contributed by atoms with van der Waals surface area (Å²) in [6.07, 6.45) is 2.15. The van der Waals surface area contributed by atoms with Crippen molar-refractivity contribution in [1.82, 2.24) is 14.7 Å². The van der Waals surface area contributed by atoms with Gasteiger partial charge in [-0.2, -0.15) is 5.10 Å². The molecular formula is C7H11N3O5S. The Morgan fingerprint density at radius 3 is 2.94 bits per heavy atom. The molecule has 9 heteroatoms. The summed E-state index contributed by atoms with van der Waals surface area (Å²) in [5.41, 5.74) is 0. The molecule has 8 nitrogen and oxygen atoms in total. The number of carboxylic acid groups (broad SMARTS) is 1. The molecule has 0 aromatic carbocycles. The number of hydrogen-bond donors (Lipinski definition) is 2. The van der Waals surface area contributed by atoms with Gasteiger partial charge in [0.15, 0.2) is 0 Å². The number of hydrogen-bond acceptors (Lipinski definition) is 5. The molecule has 0 atom stereocenters. The molecule has 0 amide bonds. The first-order valence-electron chi connectivity index (χ1n) is 4.33. The first-order valence-corrected chi connectivity index (χ1v) is 5.82. The minimum Gasteiger partial charge on any atom is -0.480 e.